The minimum Gasteiger partial charge on any atom is -0.308 e. The summed E-state index contributed by atoms with van der Waals surface area (Å²) < 4.78 is 0. The van der Waals surface area contributed by atoms with Crippen LogP contribution in [0.5, 0.6) is 0 Å². The average Bonchev–Trinajstić information content (AvgIpc) is 2.55. The molecule has 1 aliphatic heterocycles. The summed E-state index contributed by atoms with van der Waals surface area (Å²) in [5.41, 5.74) is 1.74. The van der Waals surface area contributed by atoms with Crippen LogP contribution in [0.1, 0.15) is 52.5 Å². The van der Waals surface area contributed by atoms with E-state index in [0.29, 0.717) is 11.6 Å². The Morgan fingerprint density at radius 3 is 2.43 bits per heavy atom. The maximum absolute atomic E-state index is 3.87. The van der Waals surface area contributed by atoms with Gasteiger partial charge in [0.1, 0.15) is 0 Å². The van der Waals surface area contributed by atoms with Gasteiger partial charge < -0.3 is 5.32 Å². The molecule has 2 unspecified atom stereocenters. The maximum atomic E-state index is 3.87. The molecule has 2 rings (SSSR count). The van der Waals surface area contributed by atoms with Crippen molar-refractivity contribution < 1.29 is 0 Å². The molecule has 0 bridgehead atoms. The van der Waals surface area contributed by atoms with Crippen LogP contribution < -0.4 is 5.32 Å². The number of rotatable bonds is 6. The van der Waals surface area contributed by atoms with Gasteiger partial charge in [0.25, 0.3) is 0 Å². The van der Waals surface area contributed by atoms with Crippen molar-refractivity contribution in [3.8, 4) is 0 Å². The first kappa shape index (κ1) is 16.5. The Hall–Kier alpha value is -0.860. The molecule has 0 saturated carbocycles. The van der Waals surface area contributed by atoms with Gasteiger partial charge in [-0.1, -0.05) is 64.4 Å². The van der Waals surface area contributed by atoms with Crippen LogP contribution in [0.3, 0.4) is 0 Å². The zero-order valence-corrected chi connectivity index (χ0v) is 14.2. The van der Waals surface area contributed by atoms with Crippen molar-refractivity contribution in [1.29, 1.82) is 0 Å². The molecule has 0 spiro atoms. The van der Waals surface area contributed by atoms with Crippen molar-refractivity contribution in [2.75, 3.05) is 13.1 Å². The summed E-state index contributed by atoms with van der Waals surface area (Å²) in [5.74, 6) is 0.743. The quantitative estimate of drug-likeness (QED) is 0.849. The Labute approximate surface area is 130 Å². The monoisotopic (exact) mass is 288 g/mol. The van der Waals surface area contributed by atoms with Crippen molar-refractivity contribution in [2.45, 2.75) is 65.1 Å². The molecule has 1 N–H and O–H groups in total. The van der Waals surface area contributed by atoms with E-state index in [-0.39, 0.29) is 0 Å². The highest BCUT2D eigenvalue weighted by Crippen LogP contribution is 2.28. The topological polar surface area (TPSA) is 15.3 Å². The van der Waals surface area contributed by atoms with E-state index in [1.165, 1.54) is 31.4 Å². The highest BCUT2D eigenvalue weighted by Gasteiger charge is 2.38. The summed E-state index contributed by atoms with van der Waals surface area (Å²) >= 11 is 0. The normalized spacial score (nSPS) is 23.9. The van der Waals surface area contributed by atoms with Crippen molar-refractivity contribution in [3.63, 3.8) is 0 Å². The zero-order valence-electron chi connectivity index (χ0n) is 14.2. The molecule has 2 nitrogen and oxygen atoms in total. The van der Waals surface area contributed by atoms with Crippen molar-refractivity contribution in [1.82, 2.24) is 10.2 Å². The summed E-state index contributed by atoms with van der Waals surface area (Å²) in [6, 6.07) is 11.6. The Morgan fingerprint density at radius 1 is 1.19 bits per heavy atom. The molecule has 0 aromatic heterocycles. The molecule has 0 aliphatic carbocycles. The lowest BCUT2D eigenvalue weighted by Gasteiger charge is -2.49. The summed E-state index contributed by atoms with van der Waals surface area (Å²) in [5, 5.41) is 3.87. The molecular weight excluding hydrogens is 256 g/mol. The lowest BCUT2D eigenvalue weighted by atomic mass is 9.85. The van der Waals surface area contributed by atoms with E-state index >= 15 is 0 Å². The fourth-order valence-corrected chi connectivity index (χ4v) is 3.56. The minimum atomic E-state index is 0.304. The third-order valence-corrected chi connectivity index (χ3v) is 5.54. The van der Waals surface area contributed by atoms with Crippen LogP contribution in [0.4, 0.5) is 0 Å². The SMILES string of the molecule is CCC(C)C1CNC(CC)(CC)CN1Cc1ccccc1. The first-order valence-corrected chi connectivity index (χ1v) is 8.67. The fourth-order valence-electron chi connectivity index (χ4n) is 3.56. The summed E-state index contributed by atoms with van der Waals surface area (Å²) in [7, 11) is 0. The van der Waals surface area contributed by atoms with Crippen molar-refractivity contribution >= 4 is 0 Å². The lowest BCUT2D eigenvalue weighted by molar-refractivity contribution is 0.0395. The van der Waals surface area contributed by atoms with Gasteiger partial charge in [-0.15, -0.1) is 0 Å². The van der Waals surface area contributed by atoms with Crippen LogP contribution >= 0.6 is 0 Å². The van der Waals surface area contributed by atoms with Crippen LogP contribution in [-0.2, 0) is 6.54 Å². The van der Waals surface area contributed by atoms with Gasteiger partial charge in [-0.05, 0) is 24.3 Å². The van der Waals surface area contributed by atoms with E-state index in [1.807, 2.05) is 0 Å². The lowest BCUT2D eigenvalue weighted by Crippen LogP contribution is -2.64. The molecule has 0 amide bonds. The minimum absolute atomic E-state index is 0.304. The first-order chi connectivity index (χ1) is 10.1. The van der Waals surface area contributed by atoms with Gasteiger partial charge in [0, 0.05) is 31.2 Å². The fraction of sp³-hybridized carbons (Fsp3) is 0.684. The highest BCUT2D eigenvalue weighted by atomic mass is 15.3. The molecule has 118 valence electrons. The Morgan fingerprint density at radius 2 is 1.86 bits per heavy atom. The number of nitrogens with zero attached hydrogens (tertiary/aromatic N) is 1. The molecule has 1 aliphatic rings. The standard InChI is InChI=1S/C19H32N2/c1-5-16(4)18-13-20-19(6-2,7-3)15-21(18)14-17-11-9-8-10-12-17/h8-12,16,18,20H,5-7,13-15H2,1-4H3. The molecule has 1 aromatic carbocycles. The van der Waals surface area contributed by atoms with Gasteiger partial charge in [0.05, 0.1) is 0 Å². The van der Waals surface area contributed by atoms with Crippen LogP contribution in [0.25, 0.3) is 0 Å². The molecular formula is C19H32N2. The molecule has 1 heterocycles. The number of benzene rings is 1. The van der Waals surface area contributed by atoms with E-state index in [0.717, 1.165) is 19.0 Å². The van der Waals surface area contributed by atoms with Gasteiger partial charge in [-0.3, -0.25) is 4.90 Å². The molecule has 0 radical (unpaired) electrons. The highest BCUT2D eigenvalue weighted by molar-refractivity contribution is 5.15. The van der Waals surface area contributed by atoms with Gasteiger partial charge in [-0.25, -0.2) is 0 Å². The number of nitrogens with one attached hydrogen (secondary N) is 1. The average molecular weight is 288 g/mol. The predicted octanol–water partition coefficient (Wildman–Crippen LogP) is 4.07. The van der Waals surface area contributed by atoms with Gasteiger partial charge in [-0.2, -0.15) is 0 Å². The number of piperazine rings is 1. The zero-order chi connectivity index (χ0) is 15.3. The molecule has 2 heteroatoms. The van der Waals surface area contributed by atoms with Gasteiger partial charge >= 0.3 is 0 Å². The second-order valence-corrected chi connectivity index (χ2v) is 6.71. The molecule has 1 fully saturated rings. The molecule has 2 atom stereocenters. The number of hydrogen-bond acceptors (Lipinski definition) is 2. The first-order valence-electron chi connectivity index (χ1n) is 8.67. The van der Waals surface area contributed by atoms with E-state index in [1.54, 1.807) is 0 Å². The van der Waals surface area contributed by atoms with Crippen molar-refractivity contribution in [2.24, 2.45) is 5.92 Å². The van der Waals surface area contributed by atoms with E-state index in [4.69, 9.17) is 0 Å². The third kappa shape index (κ3) is 3.87. The van der Waals surface area contributed by atoms with Crippen LogP contribution in [-0.4, -0.2) is 29.6 Å². The Balaban J connectivity index is 2.16. The predicted molar refractivity (Wildman–Crippen MR) is 91.4 cm³/mol. The second kappa shape index (κ2) is 7.42. The van der Waals surface area contributed by atoms with Crippen LogP contribution in [0.15, 0.2) is 30.3 Å². The van der Waals surface area contributed by atoms with Crippen LogP contribution in [0.2, 0.25) is 0 Å². The largest absolute Gasteiger partial charge is 0.308 e. The summed E-state index contributed by atoms with van der Waals surface area (Å²) in [6.07, 6.45) is 3.67. The maximum Gasteiger partial charge on any atom is 0.0304 e. The molecule has 1 saturated heterocycles. The molecule has 21 heavy (non-hydrogen) atoms. The van der Waals surface area contributed by atoms with E-state index in [9.17, 15) is 0 Å². The van der Waals surface area contributed by atoms with Crippen LogP contribution in [0, 0.1) is 5.92 Å². The molecule has 1 aromatic rings. The Bertz CT molecular complexity index is 411. The third-order valence-electron chi connectivity index (χ3n) is 5.54. The smallest absolute Gasteiger partial charge is 0.0304 e. The Kier molecular flexibility index (Phi) is 5.83. The van der Waals surface area contributed by atoms with Crippen molar-refractivity contribution in [3.05, 3.63) is 35.9 Å². The van der Waals surface area contributed by atoms with Gasteiger partial charge in [0.2, 0.25) is 0 Å². The number of hydrogen-bond donors (Lipinski definition) is 1. The van der Waals surface area contributed by atoms with E-state index in [2.05, 4.69) is 68.2 Å². The second-order valence-electron chi connectivity index (χ2n) is 6.71. The van der Waals surface area contributed by atoms with E-state index < -0.39 is 0 Å². The summed E-state index contributed by atoms with van der Waals surface area (Å²) in [6.45, 7) is 12.7. The van der Waals surface area contributed by atoms with Gasteiger partial charge in [0.15, 0.2) is 0 Å². The summed E-state index contributed by atoms with van der Waals surface area (Å²) in [4.78, 5) is 2.73.